The molecule has 3 aromatic rings. The summed E-state index contributed by atoms with van der Waals surface area (Å²) >= 11 is 12.4. The number of benzene rings is 3. The van der Waals surface area contributed by atoms with E-state index < -0.39 is 5.97 Å². The zero-order chi connectivity index (χ0) is 27.1. The molecule has 0 aliphatic carbocycles. The van der Waals surface area contributed by atoms with Gasteiger partial charge in [-0.05, 0) is 41.3 Å². The summed E-state index contributed by atoms with van der Waals surface area (Å²) in [6.07, 6.45) is 0.634. The van der Waals surface area contributed by atoms with Gasteiger partial charge in [0.15, 0.2) is 0 Å². The van der Waals surface area contributed by atoms with Crippen LogP contribution in [0.1, 0.15) is 33.5 Å². The van der Waals surface area contributed by atoms with Gasteiger partial charge in [0.05, 0.1) is 6.42 Å². The van der Waals surface area contributed by atoms with Gasteiger partial charge in [-0.1, -0.05) is 77.8 Å². The lowest BCUT2D eigenvalue weighted by Gasteiger charge is -2.40. The molecule has 1 unspecified atom stereocenters. The maximum absolute atomic E-state index is 13.5. The van der Waals surface area contributed by atoms with E-state index in [1.165, 1.54) is 0 Å². The number of urea groups is 1. The number of nitrogens with one attached hydrogen (secondary N) is 1. The van der Waals surface area contributed by atoms with Gasteiger partial charge in [0.1, 0.15) is 0 Å². The molecule has 2 N–H and O–H groups in total. The fourth-order valence-electron chi connectivity index (χ4n) is 4.68. The Morgan fingerprint density at radius 1 is 0.895 bits per heavy atom. The molecule has 1 heterocycles. The first-order valence-electron chi connectivity index (χ1n) is 12.4. The maximum Gasteiger partial charge on any atom is 0.320 e. The van der Waals surface area contributed by atoms with E-state index in [9.17, 15) is 19.5 Å². The van der Waals surface area contributed by atoms with E-state index in [4.69, 9.17) is 23.2 Å². The Bertz CT molecular complexity index is 1300. The van der Waals surface area contributed by atoms with Crippen molar-refractivity contribution in [2.75, 3.05) is 19.6 Å². The Balaban J connectivity index is 1.48. The molecule has 1 saturated heterocycles. The van der Waals surface area contributed by atoms with Crippen LogP contribution in [0, 0.1) is 5.92 Å². The van der Waals surface area contributed by atoms with Gasteiger partial charge < -0.3 is 20.2 Å². The molecule has 0 saturated carbocycles. The molecule has 3 amide bonds. The maximum atomic E-state index is 13.5. The normalized spacial score (nSPS) is 15.4. The van der Waals surface area contributed by atoms with Gasteiger partial charge in [0, 0.05) is 54.3 Å². The van der Waals surface area contributed by atoms with Crippen LogP contribution in [0.2, 0.25) is 10.0 Å². The zero-order valence-electron chi connectivity index (χ0n) is 20.8. The lowest BCUT2D eigenvalue weighted by Crippen LogP contribution is -2.53. The second-order valence-corrected chi connectivity index (χ2v) is 10.2. The third-order valence-electron chi connectivity index (χ3n) is 6.50. The molecule has 1 aliphatic rings. The van der Waals surface area contributed by atoms with Crippen molar-refractivity contribution in [3.63, 3.8) is 0 Å². The summed E-state index contributed by atoms with van der Waals surface area (Å²) in [7, 11) is 0. The van der Waals surface area contributed by atoms with E-state index in [0.717, 1.165) is 11.1 Å². The third-order valence-corrected chi connectivity index (χ3v) is 7.09. The molecule has 0 aromatic heterocycles. The van der Waals surface area contributed by atoms with E-state index in [-0.39, 0.29) is 43.9 Å². The molecule has 9 heteroatoms. The average molecular weight is 554 g/mol. The van der Waals surface area contributed by atoms with Crippen LogP contribution in [0.4, 0.5) is 4.79 Å². The third kappa shape index (κ3) is 7.27. The monoisotopic (exact) mass is 553 g/mol. The number of aliphatic carboxylic acids is 1. The summed E-state index contributed by atoms with van der Waals surface area (Å²) in [5, 5.41) is 13.3. The summed E-state index contributed by atoms with van der Waals surface area (Å²) in [6.45, 7) is 1.46. The molecule has 4 rings (SSSR count). The van der Waals surface area contributed by atoms with Gasteiger partial charge in [0.2, 0.25) is 0 Å². The molecule has 198 valence electrons. The van der Waals surface area contributed by atoms with Crippen LogP contribution < -0.4 is 5.32 Å². The number of carboxylic acids is 1. The van der Waals surface area contributed by atoms with Crippen LogP contribution in [0.15, 0.2) is 72.8 Å². The summed E-state index contributed by atoms with van der Waals surface area (Å²) in [4.78, 5) is 41.2. The highest BCUT2D eigenvalue weighted by Crippen LogP contribution is 2.27. The molecule has 1 fully saturated rings. The first kappa shape index (κ1) is 27.5. The number of hydrogen-bond donors (Lipinski definition) is 2. The first-order valence-corrected chi connectivity index (χ1v) is 13.2. The summed E-state index contributed by atoms with van der Waals surface area (Å²) < 4.78 is 0. The van der Waals surface area contributed by atoms with Crippen molar-refractivity contribution in [2.24, 2.45) is 5.92 Å². The number of hydrogen-bond acceptors (Lipinski definition) is 3. The van der Waals surface area contributed by atoms with E-state index in [0.29, 0.717) is 40.7 Å². The number of carbonyl (C=O) groups is 3. The fraction of sp³-hybridized carbons (Fsp3) is 0.276. The Morgan fingerprint density at radius 3 is 2.24 bits per heavy atom. The molecular weight excluding hydrogens is 525 g/mol. The van der Waals surface area contributed by atoms with Crippen molar-refractivity contribution < 1.29 is 19.5 Å². The standard InChI is InChI=1S/C29H29Cl2N3O4/c30-24-11-10-23(26(31)15-24)19-34-17-21(14-27(35)36)16-33(29(34)38)18-22-8-4-5-9-25(22)28(37)32-13-12-20-6-2-1-3-7-20/h1-11,15,21H,12-14,16-19H2,(H,32,37)(H,35,36). The summed E-state index contributed by atoms with van der Waals surface area (Å²) in [5.74, 6) is -1.41. The highest BCUT2D eigenvalue weighted by Gasteiger charge is 2.33. The highest BCUT2D eigenvalue weighted by molar-refractivity contribution is 6.35. The van der Waals surface area contributed by atoms with Crippen molar-refractivity contribution in [3.8, 4) is 0 Å². The molecule has 1 atom stereocenters. The van der Waals surface area contributed by atoms with Crippen molar-refractivity contribution in [1.29, 1.82) is 0 Å². The van der Waals surface area contributed by atoms with Crippen LogP contribution in [0.5, 0.6) is 0 Å². The van der Waals surface area contributed by atoms with Crippen LogP contribution >= 0.6 is 23.2 Å². The topological polar surface area (TPSA) is 90.0 Å². The summed E-state index contributed by atoms with van der Waals surface area (Å²) in [5.41, 5.74) is 3.03. The zero-order valence-corrected chi connectivity index (χ0v) is 22.3. The highest BCUT2D eigenvalue weighted by atomic mass is 35.5. The predicted molar refractivity (Wildman–Crippen MR) is 147 cm³/mol. The molecule has 0 radical (unpaired) electrons. The lowest BCUT2D eigenvalue weighted by molar-refractivity contribution is -0.138. The SMILES string of the molecule is O=C(O)CC1CN(Cc2ccc(Cl)cc2Cl)C(=O)N(Cc2ccccc2C(=O)NCCc2ccccc2)C1. The fourth-order valence-corrected chi connectivity index (χ4v) is 5.15. The van der Waals surface area contributed by atoms with Gasteiger partial charge in [0.25, 0.3) is 5.91 Å². The van der Waals surface area contributed by atoms with E-state index in [1.807, 2.05) is 42.5 Å². The number of nitrogens with zero attached hydrogens (tertiary/aromatic N) is 2. The molecule has 0 bridgehead atoms. The van der Waals surface area contributed by atoms with Crippen molar-refractivity contribution in [3.05, 3.63) is 105 Å². The number of rotatable bonds is 10. The van der Waals surface area contributed by atoms with Gasteiger partial charge in [-0.15, -0.1) is 0 Å². The van der Waals surface area contributed by atoms with E-state index in [1.54, 1.807) is 40.1 Å². The Hall–Kier alpha value is -3.55. The molecule has 3 aromatic carbocycles. The predicted octanol–water partition coefficient (Wildman–Crippen LogP) is 5.49. The van der Waals surface area contributed by atoms with Crippen molar-refractivity contribution in [1.82, 2.24) is 15.1 Å². The van der Waals surface area contributed by atoms with Crippen molar-refractivity contribution >= 4 is 41.1 Å². The van der Waals surface area contributed by atoms with Gasteiger partial charge in [-0.25, -0.2) is 4.79 Å². The molecule has 38 heavy (non-hydrogen) atoms. The van der Waals surface area contributed by atoms with E-state index >= 15 is 0 Å². The molecule has 0 spiro atoms. The van der Waals surface area contributed by atoms with E-state index in [2.05, 4.69) is 5.32 Å². The van der Waals surface area contributed by atoms with Crippen LogP contribution in [0.3, 0.4) is 0 Å². The van der Waals surface area contributed by atoms with Crippen LogP contribution in [0.25, 0.3) is 0 Å². The minimum Gasteiger partial charge on any atom is -0.481 e. The Morgan fingerprint density at radius 2 is 1.55 bits per heavy atom. The van der Waals surface area contributed by atoms with Gasteiger partial charge >= 0.3 is 12.0 Å². The molecule has 7 nitrogen and oxygen atoms in total. The van der Waals surface area contributed by atoms with Crippen LogP contribution in [-0.4, -0.2) is 52.4 Å². The second kappa shape index (κ2) is 12.8. The minimum atomic E-state index is -0.924. The molecular formula is C29H29Cl2N3O4. The van der Waals surface area contributed by atoms with Gasteiger partial charge in [-0.3, -0.25) is 9.59 Å². The Labute approximate surface area is 232 Å². The van der Waals surface area contributed by atoms with Crippen molar-refractivity contribution in [2.45, 2.75) is 25.9 Å². The lowest BCUT2D eigenvalue weighted by atomic mass is 9.99. The van der Waals surface area contributed by atoms with Crippen LogP contribution in [-0.2, 0) is 24.3 Å². The second-order valence-electron chi connectivity index (χ2n) is 9.39. The number of carboxylic acid groups (broad SMARTS) is 1. The molecule has 1 aliphatic heterocycles. The first-order chi connectivity index (χ1) is 18.3. The number of amides is 3. The average Bonchev–Trinajstić information content (AvgIpc) is 2.89. The largest absolute Gasteiger partial charge is 0.481 e. The summed E-state index contributed by atoms with van der Waals surface area (Å²) in [6, 6.07) is 21.9. The Kier molecular flexibility index (Phi) is 9.26. The quantitative estimate of drug-likeness (QED) is 0.347. The smallest absolute Gasteiger partial charge is 0.320 e. The minimum absolute atomic E-state index is 0.0732. The van der Waals surface area contributed by atoms with Gasteiger partial charge in [-0.2, -0.15) is 0 Å². The number of carbonyl (C=O) groups excluding carboxylic acids is 2. The number of halogens is 2.